The van der Waals surface area contributed by atoms with Gasteiger partial charge in [-0.2, -0.15) is 4.72 Å². The summed E-state index contributed by atoms with van der Waals surface area (Å²) in [5, 5.41) is 3.82. The maximum atomic E-state index is 12.9. The maximum absolute atomic E-state index is 12.9. The molecule has 0 aliphatic heterocycles. The number of benzene rings is 3. The van der Waals surface area contributed by atoms with Gasteiger partial charge < -0.3 is 5.32 Å². The predicted octanol–water partition coefficient (Wildman–Crippen LogP) is 4.20. The Morgan fingerprint density at radius 2 is 1.37 bits per heavy atom. The molecule has 3 aromatic carbocycles. The van der Waals surface area contributed by atoms with Crippen molar-refractivity contribution in [2.45, 2.75) is 23.9 Å². The highest BCUT2D eigenvalue weighted by molar-refractivity contribution is 7.89. The lowest BCUT2D eigenvalue weighted by molar-refractivity contribution is -0.122. The van der Waals surface area contributed by atoms with Crippen LogP contribution in [-0.2, 0) is 27.8 Å². The lowest BCUT2D eigenvalue weighted by atomic mass is 10.1. The zero-order valence-corrected chi connectivity index (χ0v) is 18.2. The van der Waals surface area contributed by atoms with Gasteiger partial charge in [0, 0.05) is 16.6 Å². The van der Waals surface area contributed by atoms with Gasteiger partial charge >= 0.3 is 0 Å². The lowest BCUT2D eigenvalue weighted by Crippen LogP contribution is -2.47. The molecule has 0 aromatic heterocycles. The molecule has 1 amide bonds. The van der Waals surface area contributed by atoms with E-state index in [0.29, 0.717) is 10.0 Å². The van der Waals surface area contributed by atoms with Crippen molar-refractivity contribution in [2.24, 2.45) is 0 Å². The third kappa shape index (κ3) is 6.31. The van der Waals surface area contributed by atoms with Crippen LogP contribution in [0.5, 0.6) is 0 Å². The van der Waals surface area contributed by atoms with Crippen LogP contribution in [0.15, 0.2) is 83.8 Å². The zero-order valence-electron chi connectivity index (χ0n) is 15.9. The molecular formula is C22H20Cl2N2O3S. The van der Waals surface area contributed by atoms with Crippen LogP contribution in [0.4, 0.5) is 0 Å². The third-order valence-corrected chi connectivity index (χ3v) is 6.39. The molecule has 0 unspecified atom stereocenters. The minimum Gasteiger partial charge on any atom is -0.351 e. The number of hydrogen-bond acceptors (Lipinski definition) is 3. The van der Waals surface area contributed by atoms with Gasteiger partial charge in [0.05, 0.1) is 4.90 Å². The van der Waals surface area contributed by atoms with E-state index in [1.54, 1.807) is 24.3 Å². The second kappa shape index (κ2) is 10.1. The molecule has 0 aliphatic rings. The molecule has 0 fully saturated rings. The average molecular weight is 463 g/mol. The van der Waals surface area contributed by atoms with E-state index in [1.165, 1.54) is 24.3 Å². The van der Waals surface area contributed by atoms with Crippen LogP contribution >= 0.6 is 23.2 Å². The van der Waals surface area contributed by atoms with E-state index in [4.69, 9.17) is 23.2 Å². The molecular weight excluding hydrogens is 443 g/mol. The van der Waals surface area contributed by atoms with E-state index >= 15 is 0 Å². The minimum atomic E-state index is -3.92. The molecule has 0 heterocycles. The highest BCUT2D eigenvalue weighted by atomic mass is 35.5. The Balaban J connectivity index is 1.77. The van der Waals surface area contributed by atoms with Gasteiger partial charge in [-0.25, -0.2) is 8.42 Å². The quantitative estimate of drug-likeness (QED) is 0.526. The average Bonchev–Trinajstić information content (AvgIpc) is 2.73. The molecule has 0 spiro atoms. The van der Waals surface area contributed by atoms with Gasteiger partial charge in [0.25, 0.3) is 0 Å². The van der Waals surface area contributed by atoms with Gasteiger partial charge in [0.2, 0.25) is 15.9 Å². The number of carbonyl (C=O) groups is 1. The molecule has 0 saturated carbocycles. The molecule has 156 valence electrons. The van der Waals surface area contributed by atoms with Crippen molar-refractivity contribution < 1.29 is 13.2 Å². The van der Waals surface area contributed by atoms with Gasteiger partial charge in [0.15, 0.2) is 0 Å². The van der Waals surface area contributed by atoms with Crippen molar-refractivity contribution in [1.29, 1.82) is 0 Å². The fourth-order valence-corrected chi connectivity index (χ4v) is 4.27. The third-order valence-electron chi connectivity index (χ3n) is 4.40. The van der Waals surface area contributed by atoms with Gasteiger partial charge in [-0.15, -0.1) is 0 Å². The number of nitrogens with one attached hydrogen (secondary N) is 2. The Kier molecular flexibility index (Phi) is 7.50. The van der Waals surface area contributed by atoms with Crippen molar-refractivity contribution in [3.05, 3.63) is 100 Å². The topological polar surface area (TPSA) is 75.3 Å². The number of carbonyl (C=O) groups excluding carboxylic acids is 1. The summed E-state index contributed by atoms with van der Waals surface area (Å²) < 4.78 is 28.1. The number of rotatable bonds is 8. The van der Waals surface area contributed by atoms with E-state index < -0.39 is 22.0 Å². The number of halogens is 2. The Labute approximate surface area is 186 Å². The molecule has 0 saturated heterocycles. The van der Waals surface area contributed by atoms with Crippen LogP contribution in [0, 0.1) is 0 Å². The molecule has 30 heavy (non-hydrogen) atoms. The fourth-order valence-electron chi connectivity index (χ4n) is 2.82. The van der Waals surface area contributed by atoms with Gasteiger partial charge in [-0.3, -0.25) is 4.79 Å². The highest BCUT2D eigenvalue weighted by Gasteiger charge is 2.26. The second-order valence-corrected chi connectivity index (χ2v) is 9.25. The van der Waals surface area contributed by atoms with Gasteiger partial charge in [-0.05, 0) is 53.9 Å². The lowest BCUT2D eigenvalue weighted by Gasteiger charge is -2.19. The van der Waals surface area contributed by atoms with Gasteiger partial charge in [0.1, 0.15) is 6.04 Å². The monoisotopic (exact) mass is 462 g/mol. The molecule has 3 rings (SSSR count). The summed E-state index contributed by atoms with van der Waals surface area (Å²) in [6.45, 7) is 0.254. The molecule has 5 nitrogen and oxygen atoms in total. The highest BCUT2D eigenvalue weighted by Crippen LogP contribution is 2.15. The molecule has 1 atom stereocenters. The largest absolute Gasteiger partial charge is 0.351 e. The number of sulfonamides is 1. The first kappa shape index (κ1) is 22.3. The van der Waals surface area contributed by atoms with Crippen molar-refractivity contribution in [1.82, 2.24) is 10.0 Å². The first-order valence-electron chi connectivity index (χ1n) is 9.17. The van der Waals surface area contributed by atoms with E-state index in [9.17, 15) is 13.2 Å². The minimum absolute atomic E-state index is 0.0375. The molecule has 0 aliphatic carbocycles. The van der Waals surface area contributed by atoms with Crippen LogP contribution in [0.1, 0.15) is 11.1 Å². The number of amides is 1. The molecule has 0 bridgehead atoms. The van der Waals surface area contributed by atoms with Crippen LogP contribution in [0.2, 0.25) is 10.0 Å². The molecule has 3 aromatic rings. The Bertz CT molecular complexity index is 1090. The summed E-state index contributed by atoms with van der Waals surface area (Å²) in [4.78, 5) is 12.9. The molecule has 2 N–H and O–H groups in total. The number of hydrogen-bond donors (Lipinski definition) is 2. The smallest absolute Gasteiger partial charge is 0.241 e. The van der Waals surface area contributed by atoms with E-state index in [1.807, 2.05) is 30.3 Å². The van der Waals surface area contributed by atoms with Crippen LogP contribution in [0.3, 0.4) is 0 Å². The Morgan fingerprint density at radius 1 is 0.800 bits per heavy atom. The van der Waals surface area contributed by atoms with E-state index in [2.05, 4.69) is 10.0 Å². The van der Waals surface area contributed by atoms with Crippen molar-refractivity contribution in [2.75, 3.05) is 0 Å². The summed E-state index contributed by atoms with van der Waals surface area (Å²) in [5.41, 5.74) is 1.69. The van der Waals surface area contributed by atoms with Crippen LogP contribution in [-0.4, -0.2) is 20.4 Å². The summed E-state index contributed by atoms with van der Waals surface area (Å²) in [7, 11) is -3.92. The van der Waals surface area contributed by atoms with E-state index in [0.717, 1.165) is 11.1 Å². The van der Waals surface area contributed by atoms with Crippen molar-refractivity contribution in [3.8, 4) is 0 Å². The fraction of sp³-hybridized carbons (Fsp3) is 0.136. The zero-order chi connectivity index (χ0) is 21.6. The predicted molar refractivity (Wildman–Crippen MR) is 119 cm³/mol. The Hall–Kier alpha value is -2.38. The summed E-state index contributed by atoms with van der Waals surface area (Å²) in [6.07, 6.45) is 0.208. The SMILES string of the molecule is O=C(NCc1ccc(Cl)cc1)[C@@H](Cc1ccccc1)NS(=O)(=O)c1ccc(Cl)cc1. The van der Waals surface area contributed by atoms with E-state index in [-0.39, 0.29) is 17.9 Å². The summed E-state index contributed by atoms with van der Waals surface area (Å²) >= 11 is 11.7. The normalized spacial score (nSPS) is 12.3. The first-order valence-corrected chi connectivity index (χ1v) is 11.4. The van der Waals surface area contributed by atoms with Crippen molar-refractivity contribution in [3.63, 3.8) is 0 Å². The van der Waals surface area contributed by atoms with Crippen LogP contribution in [0.25, 0.3) is 0 Å². The summed E-state index contributed by atoms with van der Waals surface area (Å²) in [6, 6.07) is 21.1. The molecule has 0 radical (unpaired) electrons. The van der Waals surface area contributed by atoms with Crippen LogP contribution < -0.4 is 10.0 Å². The Morgan fingerprint density at radius 3 is 1.97 bits per heavy atom. The first-order chi connectivity index (χ1) is 14.3. The standard InChI is InChI=1S/C22H20Cl2N2O3S/c23-18-8-6-17(7-9-18)15-25-22(27)21(14-16-4-2-1-3-5-16)26-30(28,29)20-12-10-19(24)11-13-20/h1-13,21,26H,14-15H2,(H,25,27)/t21-/m1/s1. The summed E-state index contributed by atoms with van der Waals surface area (Å²) in [5.74, 6) is -0.425. The molecule has 8 heteroatoms. The van der Waals surface area contributed by atoms with Crippen molar-refractivity contribution >= 4 is 39.1 Å². The second-order valence-electron chi connectivity index (χ2n) is 6.66. The maximum Gasteiger partial charge on any atom is 0.241 e. The van der Waals surface area contributed by atoms with Gasteiger partial charge in [-0.1, -0.05) is 65.7 Å².